The van der Waals surface area contributed by atoms with Crippen molar-refractivity contribution in [2.75, 3.05) is 6.61 Å². The summed E-state index contributed by atoms with van der Waals surface area (Å²) >= 11 is 0. The number of benzene rings is 1. The van der Waals surface area contributed by atoms with Crippen LogP contribution >= 0.6 is 0 Å². The zero-order valence-corrected chi connectivity index (χ0v) is 12.5. The standard InChI is InChI=1S/C17H25NO2/c1-13-6-7-15(10-14(13)2)11-16(20)18-17(12-19)8-4-3-5-9-17/h6-7,10,19H,3-5,8-9,11-12H2,1-2H3,(H,18,20). The molecule has 1 aromatic carbocycles. The van der Waals surface area contributed by atoms with Crippen molar-refractivity contribution in [1.29, 1.82) is 0 Å². The molecule has 1 aliphatic carbocycles. The molecule has 20 heavy (non-hydrogen) atoms. The molecule has 3 nitrogen and oxygen atoms in total. The Balaban J connectivity index is 1.98. The van der Waals surface area contributed by atoms with Crippen LogP contribution in [-0.2, 0) is 11.2 Å². The second-order valence-corrected chi connectivity index (χ2v) is 6.14. The number of aryl methyl sites for hydroxylation is 2. The zero-order chi connectivity index (χ0) is 14.6. The molecule has 1 fully saturated rings. The number of carbonyl (C=O) groups is 1. The van der Waals surface area contributed by atoms with Crippen LogP contribution < -0.4 is 5.32 Å². The van der Waals surface area contributed by atoms with Crippen molar-refractivity contribution in [2.45, 2.75) is 57.9 Å². The molecule has 1 aromatic rings. The average Bonchev–Trinajstić information content (AvgIpc) is 2.44. The molecule has 1 saturated carbocycles. The minimum absolute atomic E-state index is 0.0178. The molecule has 0 unspecified atom stereocenters. The van der Waals surface area contributed by atoms with Crippen LogP contribution in [0.3, 0.4) is 0 Å². The number of rotatable bonds is 4. The second-order valence-electron chi connectivity index (χ2n) is 6.14. The van der Waals surface area contributed by atoms with Gasteiger partial charge in [0.1, 0.15) is 0 Å². The number of aliphatic hydroxyl groups is 1. The summed E-state index contributed by atoms with van der Waals surface area (Å²) in [5.41, 5.74) is 3.11. The Morgan fingerprint density at radius 1 is 1.20 bits per heavy atom. The Hall–Kier alpha value is -1.35. The summed E-state index contributed by atoms with van der Waals surface area (Å²) < 4.78 is 0. The van der Waals surface area contributed by atoms with Gasteiger partial charge in [-0.2, -0.15) is 0 Å². The Kier molecular flexibility index (Phi) is 4.81. The second kappa shape index (κ2) is 6.40. The highest BCUT2D eigenvalue weighted by atomic mass is 16.3. The molecule has 0 bridgehead atoms. The van der Waals surface area contributed by atoms with Crippen LogP contribution in [-0.4, -0.2) is 23.2 Å². The van der Waals surface area contributed by atoms with E-state index < -0.39 is 0 Å². The van der Waals surface area contributed by atoms with Crippen molar-refractivity contribution in [3.05, 3.63) is 34.9 Å². The number of amides is 1. The number of hydrogen-bond donors (Lipinski definition) is 2. The van der Waals surface area contributed by atoms with Gasteiger partial charge < -0.3 is 10.4 Å². The molecular formula is C17H25NO2. The van der Waals surface area contributed by atoms with Crippen LogP contribution in [0, 0.1) is 13.8 Å². The monoisotopic (exact) mass is 275 g/mol. The van der Waals surface area contributed by atoms with Crippen molar-refractivity contribution in [3.63, 3.8) is 0 Å². The van der Waals surface area contributed by atoms with E-state index in [0.29, 0.717) is 6.42 Å². The maximum Gasteiger partial charge on any atom is 0.224 e. The van der Waals surface area contributed by atoms with E-state index in [4.69, 9.17) is 0 Å². The summed E-state index contributed by atoms with van der Waals surface area (Å²) in [7, 11) is 0. The van der Waals surface area contributed by atoms with Crippen LogP contribution in [0.15, 0.2) is 18.2 Å². The van der Waals surface area contributed by atoms with E-state index in [1.54, 1.807) is 0 Å². The predicted molar refractivity (Wildman–Crippen MR) is 80.7 cm³/mol. The number of nitrogens with one attached hydrogen (secondary N) is 1. The van der Waals surface area contributed by atoms with Gasteiger partial charge in [0.2, 0.25) is 5.91 Å². The molecule has 0 aromatic heterocycles. The zero-order valence-electron chi connectivity index (χ0n) is 12.5. The minimum Gasteiger partial charge on any atom is -0.394 e. The van der Waals surface area contributed by atoms with Crippen molar-refractivity contribution in [2.24, 2.45) is 0 Å². The van der Waals surface area contributed by atoms with Gasteiger partial charge in [-0.1, -0.05) is 37.5 Å². The molecule has 2 N–H and O–H groups in total. The van der Waals surface area contributed by atoms with Gasteiger partial charge in [-0.15, -0.1) is 0 Å². The minimum atomic E-state index is -0.380. The van der Waals surface area contributed by atoms with E-state index in [2.05, 4.69) is 31.3 Å². The van der Waals surface area contributed by atoms with E-state index in [-0.39, 0.29) is 18.1 Å². The lowest BCUT2D eigenvalue weighted by molar-refractivity contribution is -0.123. The summed E-state index contributed by atoms with van der Waals surface area (Å²) in [5.74, 6) is 0.0178. The number of hydrogen-bond acceptors (Lipinski definition) is 2. The SMILES string of the molecule is Cc1ccc(CC(=O)NC2(CO)CCCCC2)cc1C. The van der Waals surface area contributed by atoms with Gasteiger partial charge in [0.05, 0.1) is 18.6 Å². The molecule has 0 heterocycles. The highest BCUT2D eigenvalue weighted by Crippen LogP contribution is 2.27. The molecule has 0 saturated heterocycles. The largest absolute Gasteiger partial charge is 0.394 e. The van der Waals surface area contributed by atoms with Crippen LogP contribution in [0.4, 0.5) is 0 Å². The van der Waals surface area contributed by atoms with E-state index >= 15 is 0 Å². The Labute approximate surface area is 121 Å². The van der Waals surface area contributed by atoms with E-state index in [1.807, 2.05) is 6.07 Å². The Morgan fingerprint density at radius 3 is 2.50 bits per heavy atom. The fraction of sp³-hybridized carbons (Fsp3) is 0.588. The highest BCUT2D eigenvalue weighted by molar-refractivity contribution is 5.79. The molecule has 3 heteroatoms. The fourth-order valence-corrected chi connectivity index (χ4v) is 2.99. The van der Waals surface area contributed by atoms with Gasteiger partial charge >= 0.3 is 0 Å². The molecule has 1 amide bonds. The number of aliphatic hydroxyl groups excluding tert-OH is 1. The third-order valence-electron chi connectivity index (χ3n) is 4.45. The third kappa shape index (κ3) is 3.60. The first-order valence-corrected chi connectivity index (χ1v) is 7.53. The lowest BCUT2D eigenvalue weighted by atomic mass is 9.82. The van der Waals surface area contributed by atoms with Crippen LogP contribution in [0.5, 0.6) is 0 Å². The lowest BCUT2D eigenvalue weighted by Gasteiger charge is -2.36. The van der Waals surface area contributed by atoms with Crippen LogP contribution in [0.1, 0.15) is 48.8 Å². The van der Waals surface area contributed by atoms with E-state index in [1.165, 1.54) is 17.5 Å². The van der Waals surface area contributed by atoms with Crippen molar-refractivity contribution < 1.29 is 9.90 Å². The van der Waals surface area contributed by atoms with Crippen molar-refractivity contribution in [3.8, 4) is 0 Å². The van der Waals surface area contributed by atoms with E-state index in [9.17, 15) is 9.90 Å². The summed E-state index contributed by atoms with van der Waals surface area (Å²) in [4.78, 5) is 12.2. The first kappa shape index (κ1) is 15.0. The van der Waals surface area contributed by atoms with Crippen LogP contribution in [0.2, 0.25) is 0 Å². The van der Waals surface area contributed by atoms with Gasteiger partial charge in [0.25, 0.3) is 0 Å². The fourth-order valence-electron chi connectivity index (χ4n) is 2.99. The maximum atomic E-state index is 12.2. The first-order valence-electron chi connectivity index (χ1n) is 7.53. The molecule has 0 radical (unpaired) electrons. The predicted octanol–water partition coefficient (Wildman–Crippen LogP) is 2.66. The number of carbonyl (C=O) groups excluding carboxylic acids is 1. The van der Waals surface area contributed by atoms with Crippen molar-refractivity contribution in [1.82, 2.24) is 5.32 Å². The topological polar surface area (TPSA) is 49.3 Å². The lowest BCUT2D eigenvalue weighted by Crippen LogP contribution is -2.52. The normalized spacial score (nSPS) is 17.8. The molecule has 0 atom stereocenters. The quantitative estimate of drug-likeness (QED) is 0.887. The van der Waals surface area contributed by atoms with Crippen molar-refractivity contribution >= 4 is 5.91 Å². The van der Waals surface area contributed by atoms with Crippen LogP contribution in [0.25, 0.3) is 0 Å². The van der Waals surface area contributed by atoms with Gasteiger partial charge in [0, 0.05) is 0 Å². The Bertz CT molecular complexity index is 476. The summed E-state index contributed by atoms with van der Waals surface area (Å²) in [5, 5.41) is 12.7. The van der Waals surface area contributed by atoms with Gasteiger partial charge in [0.15, 0.2) is 0 Å². The molecule has 2 rings (SSSR count). The van der Waals surface area contributed by atoms with Gasteiger partial charge in [-0.25, -0.2) is 0 Å². The summed E-state index contributed by atoms with van der Waals surface area (Å²) in [6.07, 6.45) is 5.55. The molecule has 0 spiro atoms. The van der Waals surface area contributed by atoms with Gasteiger partial charge in [-0.05, 0) is 43.4 Å². The summed E-state index contributed by atoms with van der Waals surface area (Å²) in [6.45, 7) is 4.18. The summed E-state index contributed by atoms with van der Waals surface area (Å²) in [6, 6.07) is 6.14. The Morgan fingerprint density at radius 2 is 1.90 bits per heavy atom. The third-order valence-corrected chi connectivity index (χ3v) is 4.45. The molecule has 110 valence electrons. The molecular weight excluding hydrogens is 250 g/mol. The average molecular weight is 275 g/mol. The first-order chi connectivity index (χ1) is 9.54. The molecule has 1 aliphatic rings. The highest BCUT2D eigenvalue weighted by Gasteiger charge is 2.32. The van der Waals surface area contributed by atoms with Gasteiger partial charge in [-0.3, -0.25) is 4.79 Å². The smallest absolute Gasteiger partial charge is 0.224 e. The maximum absolute atomic E-state index is 12.2. The van der Waals surface area contributed by atoms with E-state index in [0.717, 1.165) is 31.2 Å². The molecule has 0 aliphatic heterocycles.